The number of fused-ring (bicyclic) bond motifs is 3. The van der Waals surface area contributed by atoms with E-state index in [0.29, 0.717) is 30.7 Å². The maximum atomic E-state index is 13.1. The van der Waals surface area contributed by atoms with Gasteiger partial charge in [0.15, 0.2) is 5.65 Å². The molecule has 31 heavy (non-hydrogen) atoms. The number of nitrogens with one attached hydrogen (secondary N) is 1. The first-order chi connectivity index (χ1) is 14.9. The predicted molar refractivity (Wildman–Crippen MR) is 118 cm³/mol. The van der Waals surface area contributed by atoms with E-state index in [2.05, 4.69) is 4.98 Å². The van der Waals surface area contributed by atoms with E-state index < -0.39 is 0 Å². The van der Waals surface area contributed by atoms with Crippen LogP contribution in [-0.4, -0.2) is 32.2 Å². The van der Waals surface area contributed by atoms with E-state index in [0.717, 1.165) is 50.8 Å². The number of carbonyl (C=O) groups is 1. The van der Waals surface area contributed by atoms with Crippen LogP contribution in [0.15, 0.2) is 21.7 Å². The van der Waals surface area contributed by atoms with Crippen molar-refractivity contribution in [1.29, 1.82) is 0 Å². The molecule has 8 heteroatoms. The van der Waals surface area contributed by atoms with E-state index in [1.807, 2.05) is 19.9 Å². The zero-order valence-electron chi connectivity index (χ0n) is 18.7. The van der Waals surface area contributed by atoms with Crippen LogP contribution < -0.4 is 11.2 Å². The Morgan fingerprint density at radius 3 is 2.58 bits per heavy atom. The third-order valence-electron chi connectivity index (χ3n) is 7.15. The van der Waals surface area contributed by atoms with Gasteiger partial charge in [-0.2, -0.15) is 0 Å². The van der Waals surface area contributed by atoms with Crippen molar-refractivity contribution in [3.05, 3.63) is 38.8 Å². The Hall–Kier alpha value is -2.64. The number of aromatic amines is 1. The molecule has 0 saturated heterocycles. The van der Waals surface area contributed by atoms with Gasteiger partial charge in [0.1, 0.15) is 11.3 Å². The number of methoxy groups -OCH3 is 1. The quantitative estimate of drug-likeness (QED) is 0.540. The van der Waals surface area contributed by atoms with E-state index >= 15 is 0 Å². The molecule has 0 spiro atoms. The van der Waals surface area contributed by atoms with Gasteiger partial charge in [0, 0.05) is 24.6 Å². The molecule has 2 aromatic rings. The Balaban J connectivity index is 1.80. The number of aryl methyl sites for hydroxylation is 1. The number of hydrogen-bond donors (Lipinski definition) is 1. The summed E-state index contributed by atoms with van der Waals surface area (Å²) in [7, 11) is 1.39. The molecule has 2 fully saturated rings. The molecule has 1 N–H and O–H groups in total. The van der Waals surface area contributed by atoms with E-state index in [-0.39, 0.29) is 28.0 Å². The standard InChI is InChI=1S/C23H32N4O4/c1-4-13-26-18-17(19(29)27(14-5-2)21(26)30)24-20(25-18)23-9-6-8-22(15-23,11-12-23)10-7-16(28)31-3/h7,10H,4-6,8-9,11-15H2,1-3H3,(H,24,25). The van der Waals surface area contributed by atoms with Gasteiger partial charge in [0.2, 0.25) is 0 Å². The van der Waals surface area contributed by atoms with Crippen LogP contribution in [0.4, 0.5) is 0 Å². The lowest BCUT2D eigenvalue weighted by Crippen LogP contribution is -2.40. The Labute approximate surface area is 181 Å². The minimum atomic E-state index is -0.332. The number of esters is 1. The summed E-state index contributed by atoms with van der Waals surface area (Å²) in [6, 6.07) is 0. The highest BCUT2D eigenvalue weighted by Gasteiger charge is 2.52. The molecule has 0 aromatic carbocycles. The number of nitrogens with zero attached hydrogens (tertiary/aromatic N) is 3. The Morgan fingerprint density at radius 2 is 1.87 bits per heavy atom. The van der Waals surface area contributed by atoms with Crippen LogP contribution in [0.1, 0.15) is 71.0 Å². The molecular formula is C23H32N4O4. The number of imidazole rings is 1. The maximum Gasteiger partial charge on any atom is 0.332 e. The van der Waals surface area contributed by atoms with Gasteiger partial charge in [-0.05, 0) is 50.4 Å². The lowest BCUT2D eigenvalue weighted by molar-refractivity contribution is -0.134. The molecule has 2 aliphatic carbocycles. The van der Waals surface area contributed by atoms with E-state index in [1.165, 1.54) is 11.7 Å². The topological polar surface area (TPSA) is 99.0 Å². The monoisotopic (exact) mass is 428 g/mol. The minimum Gasteiger partial charge on any atom is -0.466 e. The lowest BCUT2D eigenvalue weighted by Gasteiger charge is -2.36. The summed E-state index contributed by atoms with van der Waals surface area (Å²) in [5, 5.41) is 0. The fraction of sp³-hybridized carbons (Fsp3) is 0.652. The molecule has 2 heterocycles. The van der Waals surface area contributed by atoms with E-state index in [9.17, 15) is 14.4 Å². The third kappa shape index (κ3) is 3.55. The summed E-state index contributed by atoms with van der Waals surface area (Å²) in [6.45, 7) is 4.90. The maximum absolute atomic E-state index is 13.1. The predicted octanol–water partition coefficient (Wildman–Crippen LogP) is 3.03. The fourth-order valence-electron chi connectivity index (χ4n) is 5.67. The Kier molecular flexibility index (Phi) is 5.66. The van der Waals surface area contributed by atoms with Crippen LogP contribution >= 0.6 is 0 Å². The minimum absolute atomic E-state index is 0.0447. The second-order valence-electron chi connectivity index (χ2n) is 9.20. The fourth-order valence-corrected chi connectivity index (χ4v) is 5.67. The third-order valence-corrected chi connectivity index (χ3v) is 7.15. The van der Waals surface area contributed by atoms with Crippen molar-refractivity contribution in [3.8, 4) is 0 Å². The summed E-state index contributed by atoms with van der Waals surface area (Å²) >= 11 is 0. The van der Waals surface area contributed by atoms with Crippen LogP contribution in [-0.2, 0) is 28.0 Å². The van der Waals surface area contributed by atoms with Gasteiger partial charge >= 0.3 is 11.7 Å². The van der Waals surface area contributed by atoms with Crippen molar-refractivity contribution in [2.45, 2.75) is 83.7 Å². The van der Waals surface area contributed by atoms with Gasteiger partial charge in [0.25, 0.3) is 5.56 Å². The molecule has 2 saturated carbocycles. The summed E-state index contributed by atoms with van der Waals surface area (Å²) in [5.74, 6) is 0.479. The van der Waals surface area contributed by atoms with Crippen LogP contribution in [0.25, 0.3) is 11.2 Å². The van der Waals surface area contributed by atoms with Crippen molar-refractivity contribution >= 4 is 17.1 Å². The summed E-state index contributed by atoms with van der Waals surface area (Å²) in [5.41, 5.74) is 0.141. The largest absolute Gasteiger partial charge is 0.466 e. The molecule has 2 bridgehead atoms. The van der Waals surface area contributed by atoms with Gasteiger partial charge in [-0.25, -0.2) is 14.6 Å². The molecule has 8 nitrogen and oxygen atoms in total. The second kappa shape index (κ2) is 8.13. The van der Waals surface area contributed by atoms with Gasteiger partial charge < -0.3 is 9.72 Å². The normalized spacial score (nSPS) is 25.5. The second-order valence-corrected chi connectivity index (χ2v) is 9.20. The molecule has 0 radical (unpaired) electrons. The van der Waals surface area contributed by atoms with Gasteiger partial charge in [-0.1, -0.05) is 26.3 Å². The molecule has 2 atom stereocenters. The van der Waals surface area contributed by atoms with Crippen molar-refractivity contribution < 1.29 is 9.53 Å². The first-order valence-electron chi connectivity index (χ1n) is 11.4. The molecule has 4 rings (SSSR count). The highest BCUT2D eigenvalue weighted by Crippen LogP contribution is 2.59. The summed E-state index contributed by atoms with van der Waals surface area (Å²) in [4.78, 5) is 45.9. The van der Waals surface area contributed by atoms with Crippen molar-refractivity contribution in [1.82, 2.24) is 19.1 Å². The van der Waals surface area contributed by atoms with Crippen LogP contribution in [0.3, 0.4) is 0 Å². The SMILES string of the molecule is CCCn1c(=O)c2[nH]c(C34CCCC(C=CC(=O)OC)(CC3)C4)nc2n(CCC)c1=O. The van der Waals surface area contributed by atoms with Gasteiger partial charge in [-0.15, -0.1) is 0 Å². The molecular weight excluding hydrogens is 396 g/mol. The van der Waals surface area contributed by atoms with Crippen LogP contribution in [0.2, 0.25) is 0 Å². The van der Waals surface area contributed by atoms with Crippen LogP contribution in [0.5, 0.6) is 0 Å². The first kappa shape index (κ1) is 21.6. The molecule has 168 valence electrons. The number of carbonyl (C=O) groups excluding carboxylic acids is 1. The first-order valence-corrected chi connectivity index (χ1v) is 11.4. The zero-order chi connectivity index (χ0) is 22.2. The Morgan fingerprint density at radius 1 is 1.13 bits per heavy atom. The summed E-state index contributed by atoms with van der Waals surface area (Å²) < 4.78 is 7.75. The Bertz CT molecular complexity index is 1140. The van der Waals surface area contributed by atoms with Crippen molar-refractivity contribution in [3.63, 3.8) is 0 Å². The molecule has 2 aromatic heterocycles. The van der Waals surface area contributed by atoms with Crippen molar-refractivity contribution in [2.24, 2.45) is 5.41 Å². The van der Waals surface area contributed by atoms with Crippen molar-refractivity contribution in [2.75, 3.05) is 7.11 Å². The lowest BCUT2D eigenvalue weighted by atomic mass is 9.68. The number of rotatable bonds is 7. The highest BCUT2D eigenvalue weighted by molar-refractivity contribution is 5.81. The highest BCUT2D eigenvalue weighted by atomic mass is 16.5. The average molecular weight is 429 g/mol. The number of hydrogen-bond acceptors (Lipinski definition) is 5. The smallest absolute Gasteiger partial charge is 0.332 e. The molecule has 2 aliphatic rings. The van der Waals surface area contributed by atoms with Gasteiger partial charge in [0.05, 0.1) is 7.11 Å². The van der Waals surface area contributed by atoms with E-state index in [1.54, 1.807) is 10.6 Å². The number of H-pyrrole nitrogens is 1. The summed E-state index contributed by atoms with van der Waals surface area (Å²) in [6.07, 6.45) is 10.9. The van der Waals surface area contributed by atoms with Crippen LogP contribution in [0, 0.1) is 5.41 Å². The number of allylic oxidation sites excluding steroid dienone is 1. The van der Waals surface area contributed by atoms with Gasteiger partial charge in [-0.3, -0.25) is 13.9 Å². The number of aromatic nitrogens is 4. The number of ether oxygens (including phenoxy) is 1. The molecule has 2 unspecified atom stereocenters. The zero-order valence-corrected chi connectivity index (χ0v) is 18.7. The average Bonchev–Trinajstić information content (AvgIpc) is 3.33. The van der Waals surface area contributed by atoms with E-state index in [4.69, 9.17) is 9.72 Å². The molecule has 0 aliphatic heterocycles. The molecule has 0 amide bonds.